The van der Waals surface area contributed by atoms with Crippen molar-refractivity contribution in [1.29, 1.82) is 0 Å². The summed E-state index contributed by atoms with van der Waals surface area (Å²) in [7, 11) is 1.71. The molecule has 0 fully saturated rings. The lowest BCUT2D eigenvalue weighted by Gasteiger charge is -2.40. The lowest BCUT2D eigenvalue weighted by atomic mass is 9.62. The van der Waals surface area contributed by atoms with E-state index in [1.54, 1.807) is 13.1 Å². The smallest absolute Gasteiger partial charge is 0.324 e. The molecule has 0 heterocycles. The molecule has 0 saturated heterocycles. The van der Waals surface area contributed by atoms with Crippen molar-refractivity contribution in [2.75, 3.05) is 12.4 Å². The molecule has 0 aromatic heterocycles. The lowest BCUT2D eigenvalue weighted by molar-refractivity contribution is 0.000441. The molecule has 1 rings (SSSR count). The molecule has 1 aromatic carbocycles. The van der Waals surface area contributed by atoms with Gasteiger partial charge in [-0.25, -0.2) is 4.39 Å². The van der Waals surface area contributed by atoms with Gasteiger partial charge in [-0.1, -0.05) is 33.7 Å². The fraction of sp³-hybridized carbons (Fsp3) is 0.600. The zero-order valence-corrected chi connectivity index (χ0v) is 13.1. The highest BCUT2D eigenvalue weighted by Crippen LogP contribution is 2.33. The second-order valence-corrected chi connectivity index (χ2v) is 6.51. The summed E-state index contributed by atoms with van der Waals surface area (Å²) in [6.07, 6.45) is 0. The summed E-state index contributed by atoms with van der Waals surface area (Å²) < 4.78 is 19.9. The van der Waals surface area contributed by atoms with Crippen molar-refractivity contribution >= 4 is 18.1 Å². The van der Waals surface area contributed by atoms with E-state index in [1.165, 1.54) is 6.07 Å². The molecule has 0 bridgehead atoms. The van der Waals surface area contributed by atoms with Crippen LogP contribution < -0.4 is 10.8 Å². The Morgan fingerprint density at radius 2 is 1.74 bits per heavy atom. The standard InChI is InChI=1S/C15H25BFNO/c1-14(2,3)15(4,5)19-16(6)11-8-9-13(18-7)12(17)10-11/h8-10,18H,1-7H3. The Morgan fingerprint density at radius 1 is 1.16 bits per heavy atom. The monoisotopic (exact) mass is 265 g/mol. The molecular formula is C15H25BFNO. The Hall–Kier alpha value is -1.03. The fourth-order valence-corrected chi connectivity index (χ4v) is 1.67. The van der Waals surface area contributed by atoms with Crippen LogP contribution in [0.3, 0.4) is 0 Å². The molecule has 0 spiro atoms. The Bertz CT molecular complexity index is 440. The third-order valence-electron chi connectivity index (χ3n) is 4.01. The molecule has 0 aliphatic heterocycles. The quantitative estimate of drug-likeness (QED) is 0.841. The van der Waals surface area contributed by atoms with Crippen LogP contribution >= 0.6 is 0 Å². The molecule has 0 atom stereocenters. The van der Waals surface area contributed by atoms with E-state index in [9.17, 15) is 4.39 Å². The van der Waals surface area contributed by atoms with Crippen molar-refractivity contribution in [1.82, 2.24) is 0 Å². The van der Waals surface area contributed by atoms with Gasteiger partial charge in [-0.15, -0.1) is 0 Å². The van der Waals surface area contributed by atoms with Crippen molar-refractivity contribution in [2.24, 2.45) is 5.41 Å². The van der Waals surface area contributed by atoms with Crippen LogP contribution in [-0.4, -0.2) is 19.6 Å². The minimum Gasteiger partial charge on any atom is -0.426 e. The van der Waals surface area contributed by atoms with Gasteiger partial charge in [0.05, 0.1) is 11.3 Å². The van der Waals surface area contributed by atoms with E-state index >= 15 is 0 Å². The summed E-state index contributed by atoms with van der Waals surface area (Å²) in [5.41, 5.74) is 1.09. The van der Waals surface area contributed by atoms with E-state index in [2.05, 4.69) is 39.9 Å². The molecule has 0 aliphatic carbocycles. The third-order valence-corrected chi connectivity index (χ3v) is 4.01. The number of rotatable bonds is 4. The topological polar surface area (TPSA) is 21.3 Å². The number of anilines is 1. The van der Waals surface area contributed by atoms with Crippen LogP contribution in [0.25, 0.3) is 0 Å². The zero-order valence-electron chi connectivity index (χ0n) is 13.1. The highest BCUT2D eigenvalue weighted by molar-refractivity contribution is 6.66. The lowest BCUT2D eigenvalue weighted by Crippen LogP contribution is -2.47. The molecule has 0 unspecified atom stereocenters. The van der Waals surface area contributed by atoms with E-state index < -0.39 is 0 Å². The molecule has 2 nitrogen and oxygen atoms in total. The van der Waals surface area contributed by atoms with Crippen LogP contribution in [0.1, 0.15) is 34.6 Å². The maximum Gasteiger partial charge on any atom is 0.324 e. The first-order valence-corrected chi connectivity index (χ1v) is 6.73. The van der Waals surface area contributed by atoms with Crippen molar-refractivity contribution in [3.8, 4) is 0 Å². The summed E-state index contributed by atoms with van der Waals surface area (Å²) in [5.74, 6) is -0.246. The second kappa shape index (κ2) is 5.54. The minimum atomic E-state index is -0.287. The Morgan fingerprint density at radius 3 is 2.16 bits per heavy atom. The Balaban J connectivity index is 2.90. The van der Waals surface area contributed by atoms with Crippen molar-refractivity contribution in [3.05, 3.63) is 24.0 Å². The van der Waals surface area contributed by atoms with Crippen LogP contribution in [0.4, 0.5) is 10.1 Å². The van der Waals surface area contributed by atoms with Crippen LogP contribution in [0, 0.1) is 11.2 Å². The van der Waals surface area contributed by atoms with E-state index in [0.717, 1.165) is 5.46 Å². The first-order valence-electron chi connectivity index (χ1n) is 6.73. The second-order valence-electron chi connectivity index (χ2n) is 6.51. The third kappa shape index (κ3) is 3.72. The molecule has 0 amide bonds. The normalized spacial score (nSPS) is 12.4. The molecule has 0 saturated carbocycles. The zero-order chi connectivity index (χ0) is 14.8. The van der Waals surface area contributed by atoms with E-state index in [-0.39, 0.29) is 23.7 Å². The number of nitrogens with one attached hydrogen (secondary N) is 1. The van der Waals surface area contributed by atoms with Gasteiger partial charge in [-0.2, -0.15) is 0 Å². The summed E-state index contributed by atoms with van der Waals surface area (Å²) >= 11 is 0. The van der Waals surface area contributed by atoms with Crippen LogP contribution in [0.2, 0.25) is 6.82 Å². The summed E-state index contributed by atoms with van der Waals surface area (Å²) in [4.78, 5) is 0. The van der Waals surface area contributed by atoms with Gasteiger partial charge < -0.3 is 9.97 Å². The molecule has 1 N–H and O–H groups in total. The van der Waals surface area contributed by atoms with Crippen LogP contribution in [0.5, 0.6) is 0 Å². The highest BCUT2D eigenvalue weighted by atomic mass is 19.1. The van der Waals surface area contributed by atoms with Gasteiger partial charge in [0.25, 0.3) is 0 Å². The average molecular weight is 265 g/mol. The van der Waals surface area contributed by atoms with Crippen molar-refractivity contribution in [3.63, 3.8) is 0 Å². The van der Waals surface area contributed by atoms with Gasteiger partial charge >= 0.3 is 6.92 Å². The van der Waals surface area contributed by atoms with Gasteiger partial charge in [0.15, 0.2) is 0 Å². The average Bonchev–Trinajstić information content (AvgIpc) is 2.26. The first kappa shape index (κ1) is 16.0. The van der Waals surface area contributed by atoms with E-state index in [1.807, 2.05) is 12.9 Å². The number of halogens is 1. The summed E-state index contributed by atoms with van der Waals surface area (Å²) in [5, 5.41) is 2.82. The van der Waals surface area contributed by atoms with Gasteiger partial charge in [0.1, 0.15) is 5.82 Å². The molecule has 4 heteroatoms. The number of benzene rings is 1. The molecule has 1 aromatic rings. The van der Waals surface area contributed by atoms with Crippen LogP contribution in [0.15, 0.2) is 18.2 Å². The molecule has 19 heavy (non-hydrogen) atoms. The largest absolute Gasteiger partial charge is 0.426 e. The van der Waals surface area contributed by atoms with Gasteiger partial charge in [-0.05, 0) is 36.9 Å². The van der Waals surface area contributed by atoms with E-state index in [0.29, 0.717) is 5.69 Å². The predicted octanol–water partition coefficient (Wildman–Crippen LogP) is 3.54. The maximum absolute atomic E-state index is 13.8. The fourth-order valence-electron chi connectivity index (χ4n) is 1.67. The van der Waals surface area contributed by atoms with Gasteiger partial charge in [0.2, 0.25) is 0 Å². The predicted molar refractivity (Wildman–Crippen MR) is 81.8 cm³/mol. The minimum absolute atomic E-state index is 0.0186. The molecule has 0 radical (unpaired) electrons. The van der Waals surface area contributed by atoms with E-state index in [4.69, 9.17) is 4.65 Å². The SMILES string of the molecule is CNc1ccc(B(C)OC(C)(C)C(C)(C)C)cc1F. The maximum atomic E-state index is 13.8. The molecule has 0 aliphatic rings. The summed E-state index contributed by atoms with van der Waals surface area (Å²) in [6, 6.07) is 5.18. The van der Waals surface area contributed by atoms with Crippen LogP contribution in [-0.2, 0) is 4.65 Å². The summed E-state index contributed by atoms with van der Waals surface area (Å²) in [6.45, 7) is 12.4. The first-order chi connectivity index (χ1) is 8.58. The van der Waals surface area contributed by atoms with Crippen molar-refractivity contribution < 1.29 is 9.04 Å². The van der Waals surface area contributed by atoms with Crippen molar-refractivity contribution in [2.45, 2.75) is 47.0 Å². The Labute approximate surface area is 116 Å². The number of hydrogen-bond acceptors (Lipinski definition) is 2. The molecule has 106 valence electrons. The number of hydrogen-bond donors (Lipinski definition) is 1. The van der Waals surface area contributed by atoms with Gasteiger partial charge in [-0.3, -0.25) is 0 Å². The Kier molecular flexibility index (Phi) is 4.67. The molecular weight excluding hydrogens is 240 g/mol. The van der Waals surface area contributed by atoms with Gasteiger partial charge in [0, 0.05) is 7.05 Å². The highest BCUT2D eigenvalue weighted by Gasteiger charge is 2.36.